The highest BCUT2D eigenvalue weighted by Crippen LogP contribution is 2.38. The zero-order valence-corrected chi connectivity index (χ0v) is 18.4. The number of hydrogen-bond donors (Lipinski definition) is 4. The third-order valence-electron chi connectivity index (χ3n) is 4.79. The van der Waals surface area contributed by atoms with Gasteiger partial charge in [-0.2, -0.15) is 13.2 Å². The van der Waals surface area contributed by atoms with Crippen LogP contribution in [0.25, 0.3) is 0 Å². The van der Waals surface area contributed by atoms with E-state index in [1.54, 1.807) is 6.07 Å². The largest absolute Gasteiger partial charge is 0.504 e. The molecule has 4 N–H and O–H groups in total. The number of anilines is 1. The maximum atomic E-state index is 12.5. The molecular weight excluding hydrogens is 491 g/mol. The standard InChI is InChI=1S/C19H19ClF3N3O6S/c20-11-4-5-12(25-18(29)26-13-3-1-2-10-6-7-32-16(10)13)15(28)17(11)33(30,31)8-14(27)24-9-19(21,22)23/h4-7,13,28H,1-3,8-9H2,(H,24,27)(H2,25,26,29)/t13-/m0/s1. The third-order valence-corrected chi connectivity index (χ3v) is 6.90. The first-order valence-corrected chi connectivity index (χ1v) is 11.6. The minimum Gasteiger partial charge on any atom is -0.504 e. The predicted molar refractivity (Wildman–Crippen MR) is 111 cm³/mol. The molecular formula is C19H19ClF3N3O6S. The number of fused-ring (bicyclic) bond motifs is 1. The van der Waals surface area contributed by atoms with E-state index in [0.29, 0.717) is 12.2 Å². The van der Waals surface area contributed by atoms with Crippen LogP contribution in [-0.2, 0) is 21.1 Å². The van der Waals surface area contributed by atoms with Crippen LogP contribution in [0.15, 0.2) is 33.8 Å². The number of phenolic OH excluding ortho intramolecular Hbond substituents is 1. The molecule has 9 nitrogen and oxygen atoms in total. The lowest BCUT2D eigenvalue weighted by Crippen LogP contribution is -2.37. The number of nitrogens with one attached hydrogen (secondary N) is 3. The highest BCUT2D eigenvalue weighted by molar-refractivity contribution is 7.92. The minimum absolute atomic E-state index is 0.332. The molecule has 0 fully saturated rings. The number of carbonyl (C=O) groups is 2. The van der Waals surface area contributed by atoms with Crippen molar-refractivity contribution in [1.29, 1.82) is 0 Å². The molecule has 33 heavy (non-hydrogen) atoms. The number of carbonyl (C=O) groups excluding carboxylic acids is 2. The van der Waals surface area contributed by atoms with Gasteiger partial charge in [0.2, 0.25) is 5.91 Å². The molecule has 0 aliphatic heterocycles. The molecule has 1 heterocycles. The Labute approximate surface area is 191 Å². The van der Waals surface area contributed by atoms with Crippen molar-refractivity contribution in [3.63, 3.8) is 0 Å². The van der Waals surface area contributed by atoms with Crippen molar-refractivity contribution in [2.24, 2.45) is 0 Å². The summed E-state index contributed by atoms with van der Waals surface area (Å²) < 4.78 is 67.2. The van der Waals surface area contributed by atoms with Crippen molar-refractivity contribution in [2.75, 3.05) is 17.6 Å². The summed E-state index contributed by atoms with van der Waals surface area (Å²) in [6, 6.07) is 2.79. The minimum atomic E-state index is -4.73. The third kappa shape index (κ3) is 6.11. The van der Waals surface area contributed by atoms with Crippen molar-refractivity contribution in [1.82, 2.24) is 10.6 Å². The maximum absolute atomic E-state index is 12.5. The predicted octanol–water partition coefficient (Wildman–Crippen LogP) is 3.29. The molecule has 0 bridgehead atoms. The van der Waals surface area contributed by atoms with Crippen molar-refractivity contribution < 1.29 is 40.7 Å². The van der Waals surface area contributed by atoms with Gasteiger partial charge in [0.15, 0.2) is 15.6 Å². The Morgan fingerprint density at radius 2 is 1.97 bits per heavy atom. The monoisotopic (exact) mass is 509 g/mol. The number of sulfone groups is 1. The molecule has 1 aliphatic rings. The molecule has 2 aromatic rings. The van der Waals surface area contributed by atoms with E-state index >= 15 is 0 Å². The molecule has 1 aliphatic carbocycles. The summed E-state index contributed by atoms with van der Waals surface area (Å²) in [6.45, 7) is -1.72. The Bertz CT molecular complexity index is 1170. The van der Waals surface area contributed by atoms with Gasteiger partial charge in [-0.15, -0.1) is 0 Å². The molecule has 14 heteroatoms. The van der Waals surface area contributed by atoms with E-state index in [1.807, 2.05) is 0 Å². The Morgan fingerprint density at radius 1 is 1.24 bits per heavy atom. The van der Waals surface area contributed by atoms with Crippen LogP contribution in [0.1, 0.15) is 30.2 Å². The van der Waals surface area contributed by atoms with Gasteiger partial charge >= 0.3 is 12.2 Å². The van der Waals surface area contributed by atoms with Crippen LogP contribution in [0.2, 0.25) is 5.02 Å². The van der Waals surface area contributed by atoms with Gasteiger partial charge in [0.05, 0.1) is 23.0 Å². The fraction of sp³-hybridized carbons (Fsp3) is 0.368. The number of rotatable bonds is 6. The SMILES string of the molecule is O=C(CS(=O)(=O)c1c(Cl)ccc(NC(=O)N[C@H]2CCCc3ccoc32)c1O)NCC(F)(F)F. The number of aryl methyl sites for hydroxylation is 1. The summed E-state index contributed by atoms with van der Waals surface area (Å²) in [4.78, 5) is 23.2. The van der Waals surface area contributed by atoms with Crippen molar-refractivity contribution in [2.45, 2.75) is 36.4 Å². The smallest absolute Gasteiger partial charge is 0.405 e. The summed E-state index contributed by atoms with van der Waals surface area (Å²) >= 11 is 5.86. The van der Waals surface area contributed by atoms with Crippen molar-refractivity contribution in [3.8, 4) is 5.75 Å². The normalized spacial score (nSPS) is 16.1. The molecule has 180 valence electrons. The molecule has 0 unspecified atom stereocenters. The lowest BCUT2D eigenvalue weighted by molar-refractivity contribution is -0.137. The number of benzene rings is 1. The zero-order valence-electron chi connectivity index (χ0n) is 16.8. The van der Waals surface area contributed by atoms with Crippen molar-refractivity contribution in [3.05, 3.63) is 40.8 Å². The molecule has 0 saturated heterocycles. The Balaban J connectivity index is 1.74. The van der Waals surface area contributed by atoms with Gasteiger partial charge in [0.1, 0.15) is 23.0 Å². The van der Waals surface area contributed by atoms with Crippen LogP contribution in [-0.4, -0.2) is 43.9 Å². The second-order valence-electron chi connectivity index (χ2n) is 7.28. The molecule has 0 spiro atoms. The van der Waals surface area contributed by atoms with E-state index in [0.717, 1.165) is 30.5 Å². The van der Waals surface area contributed by atoms with E-state index in [2.05, 4.69) is 10.6 Å². The van der Waals surface area contributed by atoms with Crippen LogP contribution in [0.4, 0.5) is 23.7 Å². The summed E-state index contributed by atoms with van der Waals surface area (Å²) in [7, 11) is -4.65. The molecule has 1 aromatic heterocycles. The fourth-order valence-corrected chi connectivity index (χ4v) is 5.25. The van der Waals surface area contributed by atoms with Gasteiger partial charge in [0.25, 0.3) is 0 Å². The summed E-state index contributed by atoms with van der Waals surface area (Å²) in [5.41, 5.74) is 0.625. The highest BCUT2D eigenvalue weighted by atomic mass is 35.5. The van der Waals surface area contributed by atoms with Crippen LogP contribution in [0.5, 0.6) is 5.75 Å². The van der Waals surface area contributed by atoms with Crippen molar-refractivity contribution >= 4 is 39.1 Å². The number of aromatic hydroxyl groups is 1. The second kappa shape index (κ2) is 9.51. The van der Waals surface area contributed by atoms with Gasteiger partial charge in [-0.05, 0) is 43.0 Å². The molecule has 1 atom stereocenters. The van der Waals surface area contributed by atoms with Crippen LogP contribution < -0.4 is 16.0 Å². The summed E-state index contributed by atoms with van der Waals surface area (Å²) in [5.74, 6) is -3.19. The lowest BCUT2D eigenvalue weighted by atomic mass is 9.94. The fourth-order valence-electron chi connectivity index (χ4n) is 3.38. The van der Waals surface area contributed by atoms with Crippen LogP contribution in [0, 0.1) is 0 Å². The molecule has 3 rings (SSSR count). The summed E-state index contributed by atoms with van der Waals surface area (Å²) in [5, 5.41) is 16.3. The topological polar surface area (TPSA) is 138 Å². The maximum Gasteiger partial charge on any atom is 0.405 e. The van der Waals surface area contributed by atoms with Crippen LogP contribution in [0.3, 0.4) is 0 Å². The molecule has 0 saturated carbocycles. The van der Waals surface area contributed by atoms with Gasteiger partial charge < -0.3 is 25.5 Å². The first-order valence-electron chi connectivity index (χ1n) is 9.59. The van der Waals surface area contributed by atoms with Gasteiger partial charge in [-0.3, -0.25) is 4.79 Å². The lowest BCUT2D eigenvalue weighted by Gasteiger charge is -2.22. The van der Waals surface area contributed by atoms with E-state index < -0.39 is 62.0 Å². The zero-order chi connectivity index (χ0) is 24.4. The van der Waals surface area contributed by atoms with E-state index in [9.17, 15) is 36.3 Å². The average Bonchev–Trinajstić information content (AvgIpc) is 3.17. The number of phenols is 1. The number of urea groups is 1. The van der Waals surface area contributed by atoms with Gasteiger partial charge in [-0.25, -0.2) is 13.2 Å². The van der Waals surface area contributed by atoms with E-state index in [4.69, 9.17) is 16.0 Å². The highest BCUT2D eigenvalue weighted by Gasteiger charge is 2.32. The Morgan fingerprint density at radius 3 is 2.67 bits per heavy atom. The Hall–Kier alpha value is -2.93. The number of furan rings is 1. The number of alkyl halides is 3. The quantitative estimate of drug-likeness (QED) is 0.441. The average molecular weight is 510 g/mol. The van der Waals surface area contributed by atoms with Crippen LogP contribution >= 0.6 is 11.6 Å². The number of halogens is 4. The summed E-state index contributed by atoms with van der Waals surface area (Å²) in [6.07, 6.45) is -1.00. The van der Waals surface area contributed by atoms with E-state index in [1.165, 1.54) is 11.6 Å². The first-order chi connectivity index (χ1) is 15.4. The molecule has 0 radical (unpaired) electrons. The number of amides is 3. The van der Waals surface area contributed by atoms with Gasteiger partial charge in [-0.1, -0.05) is 11.6 Å². The van der Waals surface area contributed by atoms with E-state index in [-0.39, 0.29) is 5.69 Å². The molecule has 3 amide bonds. The molecule has 1 aromatic carbocycles. The first kappa shape index (κ1) is 24.7. The second-order valence-corrected chi connectivity index (χ2v) is 9.61. The number of hydrogen-bond acceptors (Lipinski definition) is 6. The Kier molecular flexibility index (Phi) is 7.12. The van der Waals surface area contributed by atoms with Gasteiger partial charge in [0, 0.05) is 0 Å².